The van der Waals surface area contributed by atoms with Crippen molar-refractivity contribution in [1.29, 1.82) is 0 Å². The zero-order valence-electron chi connectivity index (χ0n) is 13.3. The number of piperidine rings is 1. The molecule has 1 fully saturated rings. The van der Waals surface area contributed by atoms with Crippen LogP contribution >= 0.6 is 0 Å². The van der Waals surface area contributed by atoms with Gasteiger partial charge in [-0.1, -0.05) is 6.07 Å². The van der Waals surface area contributed by atoms with E-state index in [2.05, 4.69) is 5.32 Å². The largest absolute Gasteiger partial charge is 0.384 e. The number of aryl methyl sites for hydroxylation is 1. The second-order valence-corrected chi connectivity index (χ2v) is 5.95. The maximum absolute atomic E-state index is 13.3. The number of nitrogens with two attached hydrogens (primary N) is 1. The highest BCUT2D eigenvalue weighted by Gasteiger charge is 2.33. The maximum atomic E-state index is 13.3. The summed E-state index contributed by atoms with van der Waals surface area (Å²) in [6, 6.07) is 3.35. The average molecular weight is 323 g/mol. The number of primary amides is 1. The van der Waals surface area contributed by atoms with Crippen LogP contribution in [-0.4, -0.2) is 40.6 Å². The van der Waals surface area contributed by atoms with Crippen LogP contribution < -0.4 is 11.1 Å². The highest BCUT2D eigenvalue weighted by atomic mass is 19.1. The Morgan fingerprint density at radius 2 is 2.17 bits per heavy atom. The molecule has 126 valence electrons. The van der Waals surface area contributed by atoms with Gasteiger partial charge < -0.3 is 21.1 Å². The van der Waals surface area contributed by atoms with Gasteiger partial charge in [0.25, 0.3) is 0 Å². The molecule has 1 saturated heterocycles. The summed E-state index contributed by atoms with van der Waals surface area (Å²) in [6.07, 6.45) is -0.0679. The molecule has 23 heavy (non-hydrogen) atoms. The van der Waals surface area contributed by atoms with Crippen molar-refractivity contribution in [3.8, 4) is 0 Å². The highest BCUT2D eigenvalue weighted by Crippen LogP contribution is 2.33. The lowest BCUT2D eigenvalue weighted by Gasteiger charge is -2.39. The zero-order valence-corrected chi connectivity index (χ0v) is 13.3. The number of benzene rings is 1. The molecule has 0 radical (unpaired) electrons. The number of carbonyl (C=O) groups excluding carboxylic acids is 2. The molecule has 1 aliphatic rings. The van der Waals surface area contributed by atoms with Crippen molar-refractivity contribution in [2.24, 2.45) is 5.73 Å². The molecule has 0 aliphatic carbocycles. The number of carbonyl (C=O) groups is 2. The molecular formula is C16H22FN3O3. The van der Waals surface area contributed by atoms with E-state index in [4.69, 9.17) is 5.73 Å². The van der Waals surface area contributed by atoms with Crippen molar-refractivity contribution >= 4 is 11.9 Å². The lowest BCUT2D eigenvalue weighted by molar-refractivity contribution is -0.129. The topological polar surface area (TPSA) is 95.7 Å². The lowest BCUT2D eigenvalue weighted by atomic mass is 9.89. The summed E-state index contributed by atoms with van der Waals surface area (Å²) in [4.78, 5) is 24.9. The predicted octanol–water partition coefficient (Wildman–Crippen LogP) is 1.22. The number of nitrogens with one attached hydrogen (secondary N) is 1. The first-order valence-corrected chi connectivity index (χ1v) is 7.60. The Morgan fingerprint density at radius 1 is 1.48 bits per heavy atom. The van der Waals surface area contributed by atoms with Gasteiger partial charge in [-0.15, -0.1) is 0 Å². The van der Waals surface area contributed by atoms with Crippen LogP contribution in [0.25, 0.3) is 0 Å². The van der Waals surface area contributed by atoms with E-state index in [1.54, 1.807) is 13.0 Å². The van der Waals surface area contributed by atoms with Gasteiger partial charge in [-0.25, -0.2) is 9.18 Å². The second-order valence-electron chi connectivity index (χ2n) is 5.95. The number of urea groups is 1. The third-order valence-corrected chi connectivity index (χ3v) is 4.20. The quantitative estimate of drug-likeness (QED) is 0.780. The summed E-state index contributed by atoms with van der Waals surface area (Å²) in [5.74, 6) is -0.788. The standard InChI is InChI=1S/C16H22FN3O3/c1-9-7-11(17)3-4-13(9)14-8-12(19-15(22)10(2)21)5-6-20(14)16(18)23/h3-4,7,10,12,14,21H,5-6,8H2,1-2H3,(H2,18,23)(H,19,22)/t10-,12?,14?/m0/s1. The Hall–Kier alpha value is -2.15. The molecule has 6 nitrogen and oxygen atoms in total. The number of aliphatic hydroxyl groups excluding tert-OH is 1. The third kappa shape index (κ3) is 3.98. The summed E-state index contributed by atoms with van der Waals surface area (Å²) in [6.45, 7) is 3.56. The number of hydrogen-bond donors (Lipinski definition) is 3. The summed E-state index contributed by atoms with van der Waals surface area (Å²) >= 11 is 0. The van der Waals surface area contributed by atoms with E-state index in [1.165, 1.54) is 24.0 Å². The number of amides is 3. The number of halogens is 1. The summed E-state index contributed by atoms with van der Waals surface area (Å²) < 4.78 is 13.3. The predicted molar refractivity (Wildman–Crippen MR) is 83.0 cm³/mol. The van der Waals surface area contributed by atoms with Gasteiger partial charge in [0.1, 0.15) is 11.9 Å². The van der Waals surface area contributed by atoms with Crippen LogP contribution in [0.3, 0.4) is 0 Å². The number of rotatable bonds is 3. The monoisotopic (exact) mass is 323 g/mol. The summed E-state index contributed by atoms with van der Waals surface area (Å²) in [7, 11) is 0. The average Bonchev–Trinajstić information content (AvgIpc) is 2.46. The Balaban J connectivity index is 2.23. The molecule has 0 aromatic heterocycles. The molecule has 3 amide bonds. The molecule has 3 atom stereocenters. The van der Waals surface area contributed by atoms with Crippen molar-refractivity contribution in [2.75, 3.05) is 6.54 Å². The van der Waals surface area contributed by atoms with Gasteiger partial charge in [-0.3, -0.25) is 4.79 Å². The molecule has 7 heteroatoms. The molecule has 1 heterocycles. The Morgan fingerprint density at radius 3 is 2.74 bits per heavy atom. The zero-order chi connectivity index (χ0) is 17.1. The fourth-order valence-corrected chi connectivity index (χ4v) is 2.99. The van der Waals surface area contributed by atoms with Gasteiger partial charge in [-0.2, -0.15) is 0 Å². The van der Waals surface area contributed by atoms with Crippen molar-refractivity contribution in [2.45, 2.75) is 44.9 Å². The molecule has 4 N–H and O–H groups in total. The van der Waals surface area contributed by atoms with E-state index in [1.807, 2.05) is 0 Å². The lowest BCUT2D eigenvalue weighted by Crippen LogP contribution is -2.51. The molecule has 2 unspecified atom stereocenters. The van der Waals surface area contributed by atoms with Gasteiger partial charge in [0, 0.05) is 12.6 Å². The normalized spacial score (nSPS) is 22.5. The van der Waals surface area contributed by atoms with Gasteiger partial charge in [-0.05, 0) is 49.9 Å². The van der Waals surface area contributed by atoms with Crippen LogP contribution in [0.2, 0.25) is 0 Å². The summed E-state index contributed by atoms with van der Waals surface area (Å²) in [5, 5.41) is 12.1. The van der Waals surface area contributed by atoms with E-state index in [0.29, 0.717) is 19.4 Å². The molecular weight excluding hydrogens is 301 g/mol. The minimum atomic E-state index is -1.09. The van der Waals surface area contributed by atoms with Crippen LogP contribution in [0.1, 0.15) is 36.9 Å². The molecule has 2 rings (SSSR count). The first kappa shape index (κ1) is 17.2. The van der Waals surface area contributed by atoms with Crippen LogP contribution in [-0.2, 0) is 4.79 Å². The molecule has 1 aliphatic heterocycles. The molecule has 1 aromatic carbocycles. The maximum Gasteiger partial charge on any atom is 0.315 e. The van der Waals surface area contributed by atoms with Gasteiger partial charge >= 0.3 is 6.03 Å². The third-order valence-electron chi connectivity index (χ3n) is 4.20. The van der Waals surface area contributed by atoms with Crippen molar-refractivity contribution in [1.82, 2.24) is 10.2 Å². The molecule has 0 saturated carbocycles. The minimum Gasteiger partial charge on any atom is -0.384 e. The van der Waals surface area contributed by atoms with E-state index in [-0.39, 0.29) is 17.9 Å². The molecule has 0 bridgehead atoms. The van der Waals surface area contributed by atoms with E-state index in [9.17, 15) is 19.1 Å². The van der Waals surface area contributed by atoms with Gasteiger partial charge in [0.2, 0.25) is 5.91 Å². The number of hydrogen-bond acceptors (Lipinski definition) is 3. The molecule has 1 aromatic rings. The van der Waals surface area contributed by atoms with Crippen molar-refractivity contribution < 1.29 is 19.1 Å². The van der Waals surface area contributed by atoms with Crippen LogP contribution in [0, 0.1) is 12.7 Å². The van der Waals surface area contributed by atoms with E-state index in [0.717, 1.165) is 11.1 Å². The van der Waals surface area contributed by atoms with Crippen LogP contribution in [0.15, 0.2) is 18.2 Å². The van der Waals surface area contributed by atoms with Gasteiger partial charge in [0.05, 0.1) is 6.04 Å². The fourth-order valence-electron chi connectivity index (χ4n) is 2.99. The van der Waals surface area contributed by atoms with Crippen LogP contribution in [0.5, 0.6) is 0 Å². The smallest absolute Gasteiger partial charge is 0.315 e. The summed E-state index contributed by atoms with van der Waals surface area (Å²) in [5.41, 5.74) is 6.99. The number of likely N-dealkylation sites (tertiary alicyclic amines) is 1. The first-order valence-electron chi connectivity index (χ1n) is 7.60. The van der Waals surface area contributed by atoms with Crippen LogP contribution in [0.4, 0.5) is 9.18 Å². The van der Waals surface area contributed by atoms with E-state index < -0.39 is 18.0 Å². The fraction of sp³-hybridized carbons (Fsp3) is 0.500. The Labute approximate surface area is 134 Å². The number of nitrogens with zero attached hydrogens (tertiary/aromatic N) is 1. The minimum absolute atomic E-state index is 0.179. The second kappa shape index (κ2) is 6.95. The number of aliphatic hydroxyl groups is 1. The van der Waals surface area contributed by atoms with Gasteiger partial charge in [0.15, 0.2) is 0 Å². The highest BCUT2D eigenvalue weighted by molar-refractivity contribution is 5.80. The van der Waals surface area contributed by atoms with E-state index >= 15 is 0 Å². The Kier molecular flexibility index (Phi) is 5.20. The Bertz CT molecular complexity index is 606. The SMILES string of the molecule is Cc1cc(F)ccc1C1CC(NC(=O)[C@H](C)O)CCN1C(N)=O. The van der Waals surface area contributed by atoms with Crippen molar-refractivity contribution in [3.05, 3.63) is 35.1 Å². The molecule has 0 spiro atoms. The van der Waals surface area contributed by atoms with Crippen molar-refractivity contribution in [3.63, 3.8) is 0 Å². The first-order chi connectivity index (χ1) is 10.8.